The highest BCUT2D eigenvalue weighted by molar-refractivity contribution is 5.64. The third-order valence-electron chi connectivity index (χ3n) is 7.52. The Bertz CT molecular complexity index is 750. The summed E-state index contributed by atoms with van der Waals surface area (Å²) in [6.45, 7) is 5.93. The Morgan fingerprint density at radius 2 is 2.04 bits per heavy atom. The number of benzene rings is 1. The molecule has 1 aliphatic heterocycles. The maximum absolute atomic E-state index is 12.1. The van der Waals surface area contributed by atoms with Gasteiger partial charge >= 0.3 is 0 Å². The molecule has 1 saturated heterocycles. The van der Waals surface area contributed by atoms with Crippen molar-refractivity contribution in [1.29, 1.82) is 0 Å². The summed E-state index contributed by atoms with van der Waals surface area (Å²) in [5.74, 6) is 0.638. The molecular formula is C21H31N3O3. The molecule has 0 bridgehead atoms. The molecule has 4 N–H and O–H groups in total. The first-order valence-corrected chi connectivity index (χ1v) is 10.2. The second-order valence-corrected chi connectivity index (χ2v) is 9.09. The van der Waals surface area contributed by atoms with E-state index >= 15 is 0 Å². The van der Waals surface area contributed by atoms with Crippen LogP contribution < -0.4 is 5.73 Å². The molecule has 3 unspecified atom stereocenters. The van der Waals surface area contributed by atoms with Crippen LogP contribution in [0.3, 0.4) is 0 Å². The van der Waals surface area contributed by atoms with E-state index < -0.39 is 11.0 Å². The topological polar surface area (TPSA) is 99.2 Å². The van der Waals surface area contributed by atoms with E-state index in [1.807, 2.05) is 13.0 Å². The molecule has 6 heteroatoms. The average molecular weight is 373 g/mol. The van der Waals surface area contributed by atoms with Crippen molar-refractivity contribution in [3.8, 4) is 5.75 Å². The summed E-state index contributed by atoms with van der Waals surface area (Å²) in [4.78, 5) is 14.1. The van der Waals surface area contributed by atoms with Gasteiger partial charge in [0.15, 0.2) is 5.69 Å². The van der Waals surface area contributed by atoms with Gasteiger partial charge in [-0.15, -0.1) is 4.91 Å². The first kappa shape index (κ1) is 18.8. The van der Waals surface area contributed by atoms with Crippen LogP contribution in [0.5, 0.6) is 5.75 Å². The van der Waals surface area contributed by atoms with E-state index in [0.717, 1.165) is 37.4 Å². The fraction of sp³-hybridized carbons (Fsp3) is 0.714. The smallest absolute Gasteiger partial charge is 0.153 e. The molecule has 3 fully saturated rings. The predicted molar refractivity (Wildman–Crippen MR) is 105 cm³/mol. The van der Waals surface area contributed by atoms with E-state index in [-0.39, 0.29) is 23.5 Å². The summed E-state index contributed by atoms with van der Waals surface area (Å²) in [5.41, 5.74) is 6.39. The van der Waals surface area contributed by atoms with Crippen molar-refractivity contribution >= 4 is 5.69 Å². The minimum atomic E-state index is -0.992. The number of nitroso groups, excluding NO2 is 1. The van der Waals surface area contributed by atoms with Gasteiger partial charge in [0.2, 0.25) is 0 Å². The van der Waals surface area contributed by atoms with E-state index in [2.05, 4.69) is 17.0 Å². The van der Waals surface area contributed by atoms with Crippen LogP contribution in [0, 0.1) is 17.7 Å². The van der Waals surface area contributed by atoms with Crippen molar-refractivity contribution in [2.75, 3.05) is 13.1 Å². The number of hydrogen-bond donors (Lipinski definition) is 3. The molecule has 1 heterocycles. The summed E-state index contributed by atoms with van der Waals surface area (Å²) in [6.07, 6.45) is 5.26. The lowest BCUT2D eigenvalue weighted by atomic mass is 9.52. The maximum atomic E-state index is 12.1. The number of hydrogen-bond acceptors (Lipinski definition) is 6. The molecule has 148 valence electrons. The number of likely N-dealkylation sites (tertiary alicyclic amines) is 1. The van der Waals surface area contributed by atoms with Crippen molar-refractivity contribution in [2.45, 2.75) is 75.5 Å². The van der Waals surface area contributed by atoms with Crippen LogP contribution in [-0.4, -0.2) is 45.9 Å². The zero-order chi connectivity index (χ0) is 19.4. The summed E-state index contributed by atoms with van der Waals surface area (Å²) in [5, 5.41) is 25.6. The predicted octanol–water partition coefficient (Wildman–Crippen LogP) is 3.08. The van der Waals surface area contributed by atoms with Gasteiger partial charge in [0.1, 0.15) is 5.75 Å². The van der Waals surface area contributed by atoms with Gasteiger partial charge in [-0.3, -0.25) is 4.90 Å². The molecule has 2 aliphatic carbocycles. The number of phenolic OH excluding ortho intramolecular Hbond substituents is 1. The number of nitrogens with zero attached hydrogens (tertiary/aromatic N) is 2. The summed E-state index contributed by atoms with van der Waals surface area (Å²) >= 11 is 0. The van der Waals surface area contributed by atoms with Crippen LogP contribution >= 0.6 is 0 Å². The minimum absolute atomic E-state index is 0.0272. The number of aromatic hydroxyl groups is 1. The lowest BCUT2D eigenvalue weighted by Crippen LogP contribution is -2.70. The van der Waals surface area contributed by atoms with Crippen molar-refractivity contribution in [3.05, 3.63) is 28.2 Å². The standard InChI is InChI=1S/C21H31N3O3/c1-13-3-6-17(25)19(23-27)18(13)20-9-10-24(12-15-4-5-15)14(2)21(20,26)8-7-16(22)11-20/h3,6,14-16,25-26H,4-5,7-12,22H2,1-2H3/t14?,16?,20?,21-/m1/s1. The van der Waals surface area contributed by atoms with Crippen molar-refractivity contribution in [2.24, 2.45) is 16.8 Å². The molecule has 0 amide bonds. The fourth-order valence-electron chi connectivity index (χ4n) is 5.83. The Morgan fingerprint density at radius 1 is 1.30 bits per heavy atom. The molecule has 0 radical (unpaired) electrons. The van der Waals surface area contributed by atoms with Crippen LogP contribution in [0.2, 0.25) is 0 Å². The molecule has 27 heavy (non-hydrogen) atoms. The highest BCUT2D eigenvalue weighted by Crippen LogP contribution is 2.57. The number of aliphatic hydroxyl groups is 1. The quantitative estimate of drug-likeness (QED) is 0.705. The lowest BCUT2D eigenvalue weighted by Gasteiger charge is -2.61. The van der Waals surface area contributed by atoms with Crippen molar-refractivity contribution in [1.82, 2.24) is 4.90 Å². The molecule has 0 spiro atoms. The molecule has 1 aromatic carbocycles. The monoisotopic (exact) mass is 373 g/mol. The Morgan fingerprint density at radius 3 is 2.70 bits per heavy atom. The van der Waals surface area contributed by atoms with Gasteiger partial charge in [-0.25, -0.2) is 0 Å². The Labute approximate surface area is 160 Å². The third kappa shape index (κ3) is 2.80. The molecule has 2 saturated carbocycles. The molecular weight excluding hydrogens is 342 g/mol. The summed E-state index contributed by atoms with van der Waals surface area (Å²) in [6, 6.07) is 3.27. The zero-order valence-corrected chi connectivity index (χ0v) is 16.3. The van der Waals surface area contributed by atoms with Gasteiger partial charge in [0.25, 0.3) is 0 Å². The molecule has 1 aromatic rings. The van der Waals surface area contributed by atoms with Gasteiger partial charge in [-0.2, -0.15) is 0 Å². The van der Waals surface area contributed by atoms with E-state index in [0.29, 0.717) is 18.4 Å². The molecule has 4 rings (SSSR count). The van der Waals surface area contributed by atoms with Crippen molar-refractivity contribution in [3.63, 3.8) is 0 Å². The Balaban J connectivity index is 1.85. The SMILES string of the molecule is Cc1ccc(O)c(N=O)c1C12CCN(CC3CC3)C(C)[C@]1(O)CCC(N)C2. The van der Waals surface area contributed by atoms with Gasteiger partial charge < -0.3 is 15.9 Å². The average Bonchev–Trinajstić information content (AvgIpc) is 3.45. The highest BCUT2D eigenvalue weighted by atomic mass is 16.3. The minimum Gasteiger partial charge on any atom is -0.506 e. The maximum Gasteiger partial charge on any atom is 0.153 e. The van der Waals surface area contributed by atoms with E-state index in [9.17, 15) is 15.1 Å². The Kier molecular flexibility index (Phi) is 4.56. The number of rotatable bonds is 4. The first-order valence-electron chi connectivity index (χ1n) is 10.2. The van der Waals surface area contributed by atoms with Gasteiger partial charge in [-0.1, -0.05) is 6.07 Å². The second-order valence-electron chi connectivity index (χ2n) is 9.09. The largest absolute Gasteiger partial charge is 0.506 e. The van der Waals surface area contributed by atoms with E-state index in [4.69, 9.17) is 5.73 Å². The Hall–Kier alpha value is -1.50. The lowest BCUT2D eigenvalue weighted by molar-refractivity contribution is -0.157. The van der Waals surface area contributed by atoms with Crippen LogP contribution in [0.4, 0.5) is 5.69 Å². The van der Waals surface area contributed by atoms with Crippen LogP contribution in [0.25, 0.3) is 0 Å². The number of phenols is 1. The van der Waals surface area contributed by atoms with Crippen LogP contribution in [0.15, 0.2) is 17.3 Å². The highest BCUT2D eigenvalue weighted by Gasteiger charge is 2.61. The van der Waals surface area contributed by atoms with E-state index in [1.54, 1.807) is 0 Å². The third-order valence-corrected chi connectivity index (χ3v) is 7.52. The second kappa shape index (κ2) is 6.54. The van der Waals surface area contributed by atoms with Gasteiger partial charge in [0.05, 0.1) is 5.60 Å². The number of piperidine rings is 1. The van der Waals surface area contributed by atoms with Crippen LogP contribution in [-0.2, 0) is 5.41 Å². The fourth-order valence-corrected chi connectivity index (χ4v) is 5.83. The van der Waals surface area contributed by atoms with Gasteiger partial charge in [-0.05, 0) is 87.2 Å². The molecule has 3 aliphatic rings. The summed E-state index contributed by atoms with van der Waals surface area (Å²) < 4.78 is 0. The molecule has 4 atom stereocenters. The number of aryl methyl sites for hydroxylation is 1. The summed E-state index contributed by atoms with van der Waals surface area (Å²) in [7, 11) is 0. The van der Waals surface area contributed by atoms with Gasteiger partial charge in [0, 0.05) is 24.0 Å². The molecule has 0 aromatic heterocycles. The molecule has 6 nitrogen and oxygen atoms in total. The normalized spacial score (nSPS) is 37.0. The van der Waals surface area contributed by atoms with Crippen molar-refractivity contribution < 1.29 is 10.2 Å². The zero-order valence-electron chi connectivity index (χ0n) is 16.3. The number of nitrogens with two attached hydrogens (primary N) is 1. The number of fused-ring (bicyclic) bond motifs is 1. The van der Waals surface area contributed by atoms with Crippen LogP contribution in [0.1, 0.15) is 56.6 Å². The first-order chi connectivity index (χ1) is 12.8. The van der Waals surface area contributed by atoms with E-state index in [1.165, 1.54) is 18.9 Å².